The summed E-state index contributed by atoms with van der Waals surface area (Å²) in [6, 6.07) is 0.800. The van der Waals surface area contributed by atoms with Crippen molar-refractivity contribution in [1.82, 2.24) is 9.55 Å². The Morgan fingerprint density at radius 2 is 1.73 bits per heavy atom. The molecule has 2 rings (SSSR count). The van der Waals surface area contributed by atoms with Gasteiger partial charge in [0.25, 0.3) is 11.4 Å². The summed E-state index contributed by atoms with van der Waals surface area (Å²) in [4.78, 5) is 52.4. The molecule has 0 unspecified atom stereocenters. The van der Waals surface area contributed by atoms with E-state index in [-0.39, 0.29) is 23.8 Å². The summed E-state index contributed by atoms with van der Waals surface area (Å²) in [7, 11) is 1.02. The number of alkyl halides is 1. The Morgan fingerprint density at radius 3 is 2.24 bits per heavy atom. The third kappa shape index (κ3) is 4.59. The predicted molar refractivity (Wildman–Crippen MR) is 115 cm³/mol. The van der Waals surface area contributed by atoms with Gasteiger partial charge in [-0.2, -0.15) is 0 Å². The molecule has 4 atom stereocenters. The lowest BCUT2D eigenvalue weighted by Crippen LogP contribution is -2.81. The smallest absolute Gasteiger partial charge is 0.331 e. The summed E-state index contributed by atoms with van der Waals surface area (Å²) in [6.45, 7) is 2.85. The predicted octanol–water partition coefficient (Wildman–Crippen LogP) is 0.923. The number of unbranched alkanes of at least 4 members (excludes halogenated alkanes) is 4. The summed E-state index contributed by atoms with van der Waals surface area (Å²) in [5, 5.41) is 23.2. The van der Waals surface area contributed by atoms with Crippen LogP contribution in [0.3, 0.4) is 0 Å². The number of aromatic amines is 1. The molecule has 0 amide bonds. The van der Waals surface area contributed by atoms with Gasteiger partial charge in [-0.25, -0.2) is 9.18 Å². The molecule has 10 nitrogen and oxygen atoms in total. The fraction of sp³-hybridized carbons (Fsp3) is 0.727. The number of halogens is 1. The van der Waals surface area contributed by atoms with Crippen LogP contribution in [0.25, 0.3) is 0 Å². The van der Waals surface area contributed by atoms with Crippen LogP contribution in [0.2, 0.25) is 0 Å². The van der Waals surface area contributed by atoms with Crippen molar-refractivity contribution in [3.63, 3.8) is 0 Å². The average Bonchev–Trinajstić information content (AvgIpc) is 2.77. The number of methoxy groups -OCH3 is 1. The molecule has 1 aliphatic heterocycles. The van der Waals surface area contributed by atoms with Gasteiger partial charge in [-0.1, -0.05) is 39.5 Å². The molecule has 1 aliphatic rings. The maximum absolute atomic E-state index is 17.0. The maximum atomic E-state index is 17.0. The molecule has 2 heterocycles. The number of nitrogens with zero attached hydrogens (tertiary/aromatic N) is 1. The first-order valence-corrected chi connectivity index (χ1v) is 11.2. The molecule has 0 spiro atoms. The van der Waals surface area contributed by atoms with Gasteiger partial charge in [0.05, 0.1) is 6.61 Å². The lowest BCUT2D eigenvalue weighted by atomic mass is 9.67. The molecule has 3 N–H and O–H groups in total. The summed E-state index contributed by atoms with van der Waals surface area (Å²) >= 11 is 0. The van der Waals surface area contributed by atoms with Crippen molar-refractivity contribution >= 4 is 11.6 Å². The van der Waals surface area contributed by atoms with E-state index in [1.165, 1.54) is 0 Å². The number of aliphatic hydroxyl groups is 2. The number of hydrogen-bond acceptors (Lipinski definition) is 8. The van der Waals surface area contributed by atoms with E-state index in [0.717, 1.165) is 26.0 Å². The Labute approximate surface area is 190 Å². The molecule has 0 aliphatic carbocycles. The second-order valence-electron chi connectivity index (χ2n) is 8.36. The summed E-state index contributed by atoms with van der Waals surface area (Å²) in [5.74, 6) is -5.73. The Hall–Kier alpha value is -2.21. The van der Waals surface area contributed by atoms with Gasteiger partial charge in [0.2, 0.25) is 11.9 Å². The number of carbonyl (C=O) groups excluding carboxylic acids is 2. The molecule has 11 heteroatoms. The lowest BCUT2D eigenvalue weighted by Gasteiger charge is -2.54. The maximum Gasteiger partial charge on any atom is 0.331 e. The van der Waals surface area contributed by atoms with E-state index >= 15 is 4.39 Å². The van der Waals surface area contributed by atoms with Crippen LogP contribution in [0.4, 0.5) is 4.39 Å². The lowest BCUT2D eigenvalue weighted by molar-refractivity contribution is -0.361. The van der Waals surface area contributed by atoms with Gasteiger partial charge in [-0.15, -0.1) is 0 Å². The van der Waals surface area contributed by atoms with Crippen LogP contribution in [-0.4, -0.2) is 62.5 Å². The minimum absolute atomic E-state index is 0.226. The first-order valence-electron chi connectivity index (χ1n) is 11.2. The fourth-order valence-corrected chi connectivity index (χ4v) is 4.22. The van der Waals surface area contributed by atoms with Crippen LogP contribution < -0.4 is 11.2 Å². The molecule has 0 aromatic carbocycles. The number of ketones is 2. The number of carbonyl (C=O) groups is 2. The van der Waals surface area contributed by atoms with Crippen molar-refractivity contribution in [1.29, 1.82) is 0 Å². The molecule has 0 radical (unpaired) electrons. The van der Waals surface area contributed by atoms with Crippen LogP contribution in [-0.2, 0) is 24.9 Å². The fourth-order valence-electron chi connectivity index (χ4n) is 4.22. The number of hydrogen-bond donors (Lipinski definition) is 3. The van der Waals surface area contributed by atoms with Gasteiger partial charge < -0.3 is 19.7 Å². The number of aromatic nitrogens is 2. The van der Waals surface area contributed by atoms with E-state index in [1.54, 1.807) is 0 Å². The number of rotatable bonds is 12. The molecule has 1 saturated heterocycles. The number of H-pyrrole nitrogens is 1. The number of nitrogens with one attached hydrogen (secondary N) is 1. The molecule has 186 valence electrons. The van der Waals surface area contributed by atoms with Gasteiger partial charge in [0.1, 0.15) is 0 Å². The monoisotopic (exact) mass is 472 g/mol. The Balaban J connectivity index is 2.75. The Bertz CT molecular complexity index is 962. The van der Waals surface area contributed by atoms with Gasteiger partial charge >= 0.3 is 5.69 Å². The van der Waals surface area contributed by atoms with Gasteiger partial charge in [-0.3, -0.25) is 23.9 Å². The average molecular weight is 473 g/mol. The van der Waals surface area contributed by atoms with Crippen LogP contribution in [0, 0.1) is 0 Å². The SMILES string of the molecule is CCCCCC(=O)[C@]1(O)[C@](F)(n2ccc(=O)[nH]c2=O)[C@@H](OC)OC[C@]1(O)C(=O)CCCCC. The number of ether oxygens (including phenoxy) is 2. The first-order chi connectivity index (χ1) is 15.5. The molecular formula is C22H33FN2O8. The molecule has 0 bridgehead atoms. The molecular weight excluding hydrogens is 439 g/mol. The summed E-state index contributed by atoms with van der Waals surface area (Å²) < 4.78 is 27.5. The van der Waals surface area contributed by atoms with Gasteiger partial charge in [-0.05, 0) is 12.8 Å². The topological polar surface area (TPSA) is 148 Å². The largest absolute Gasteiger partial charge is 0.376 e. The molecule has 0 saturated carbocycles. The van der Waals surface area contributed by atoms with Gasteiger partial charge in [0, 0.05) is 32.2 Å². The highest BCUT2D eigenvalue weighted by Crippen LogP contribution is 2.49. The second kappa shape index (κ2) is 10.8. The van der Waals surface area contributed by atoms with Crippen LogP contribution in [0.5, 0.6) is 0 Å². The van der Waals surface area contributed by atoms with Crippen molar-refractivity contribution in [3.05, 3.63) is 33.1 Å². The van der Waals surface area contributed by atoms with Crippen LogP contribution in [0.1, 0.15) is 65.2 Å². The minimum Gasteiger partial charge on any atom is -0.376 e. The highest BCUT2D eigenvalue weighted by Gasteiger charge is 2.77. The highest BCUT2D eigenvalue weighted by atomic mass is 19.1. The quantitative estimate of drug-likeness (QED) is 0.381. The molecule has 1 aromatic rings. The van der Waals surface area contributed by atoms with Crippen LogP contribution >= 0.6 is 0 Å². The zero-order valence-corrected chi connectivity index (χ0v) is 19.3. The standard InChI is InChI=1S/C22H33FN2O8/c1-4-6-8-10-15(26)20(30)14-33-18(32-3)22(23,25-13-12-17(28)24-19(25)29)21(20,31)16(27)11-9-7-5-2/h12-13,18,30-31H,4-11,14H2,1-3H3,(H,24,28,29)/t18-,20-,21+,22+/m0/s1. The van der Waals surface area contributed by atoms with E-state index in [4.69, 9.17) is 9.47 Å². The first kappa shape index (κ1) is 27.0. The Morgan fingerprint density at radius 1 is 1.15 bits per heavy atom. The minimum atomic E-state index is -3.57. The van der Waals surface area contributed by atoms with Gasteiger partial charge in [0.15, 0.2) is 17.2 Å². The van der Waals surface area contributed by atoms with Crippen molar-refractivity contribution in [3.8, 4) is 0 Å². The summed E-state index contributed by atoms with van der Waals surface area (Å²) in [5.41, 5.74) is -8.60. The van der Waals surface area contributed by atoms with E-state index in [1.807, 2.05) is 18.8 Å². The van der Waals surface area contributed by atoms with E-state index in [2.05, 4.69) is 0 Å². The zero-order valence-electron chi connectivity index (χ0n) is 19.3. The second-order valence-corrected chi connectivity index (χ2v) is 8.36. The molecule has 33 heavy (non-hydrogen) atoms. The van der Waals surface area contributed by atoms with E-state index < -0.39 is 52.7 Å². The summed E-state index contributed by atoms with van der Waals surface area (Å²) in [6.07, 6.45) is 1.33. The molecule has 1 aromatic heterocycles. The number of Topliss-reactive ketones (excluding diaryl/α,β-unsaturated/α-hetero) is 2. The third-order valence-corrected chi connectivity index (χ3v) is 6.13. The van der Waals surface area contributed by atoms with Crippen molar-refractivity contribution in [2.75, 3.05) is 13.7 Å². The third-order valence-electron chi connectivity index (χ3n) is 6.13. The Kier molecular flexibility index (Phi) is 8.86. The van der Waals surface area contributed by atoms with Crippen molar-refractivity contribution in [2.45, 2.75) is 88.5 Å². The molecule has 1 fully saturated rings. The van der Waals surface area contributed by atoms with Crippen LogP contribution in [0.15, 0.2) is 21.9 Å². The van der Waals surface area contributed by atoms with Crippen molar-refractivity contribution < 1.29 is 33.7 Å². The normalized spacial score (nSPS) is 29.7. The van der Waals surface area contributed by atoms with E-state index in [0.29, 0.717) is 25.5 Å². The van der Waals surface area contributed by atoms with Crippen molar-refractivity contribution in [2.24, 2.45) is 0 Å². The zero-order chi connectivity index (χ0) is 24.9. The van der Waals surface area contributed by atoms with E-state index in [9.17, 15) is 29.4 Å². The highest BCUT2D eigenvalue weighted by molar-refractivity contribution is 6.00.